The third-order valence-electron chi connectivity index (χ3n) is 29.5. The SMILES string of the molecule is CC(C)(C)c1cc2c3c(c1)N(c1c(-c4cccc(-c5ccccc5)c4)cc(-c4ccccc4)cc1-c1cccc(-c4ccccc4)c1)c1cc(-n4c(-c5ccccc5)c5ccccc5c4-c4ccccc4)ccc1B3c1ccc(-n3c(-c4ccccc4)c4ccccc4c3-c3ccccc3)cc1N2C1=C(c2cccc(C3C=CC=CC=C3)c2)C=C(C2=CC=CC=CC2)C=CC1c1cccc(C2=CCC=CC=C2)c1. The molecule has 4 aliphatic carbocycles. The monoisotopic (exact) mass is 1830 g/mol. The Morgan fingerprint density at radius 3 is 1.22 bits per heavy atom. The van der Waals surface area contributed by atoms with Crippen LogP contribution in [0, 0.1) is 0 Å². The van der Waals surface area contributed by atoms with Crippen molar-refractivity contribution >= 4 is 84.2 Å². The Hall–Kier alpha value is -17.6. The topological polar surface area (TPSA) is 16.3 Å². The standard InChI is InChI=1S/C138H103BN4/c1-138(2,3)114-90-129-131-130(91-114)143(137-123(111-71-43-67-106(85-111)96-51-23-10-24-52-96)88-113(99-55-27-12-28-56-99)89-124(137)112-72-44-68-107(86-112)97-53-25-11-26-54-97)128-93-116(141-134(102-61-33-15-34-62-102)120-75-39-40-76-121(120)135(141)103-63-35-16-36-64-103)79-82-126(128)139(131)125-81-78-115(140-132(100-57-29-13-30-58-100)118-73-37-38-74-119(118)133(140)101-59-31-14-32-60-101)92-127(125)142(129)136-117(109-69-41-65-104(83-109)94-45-17-4-5-18-46-94)80-77-108(98-49-21-8-9-22-50-98)87-122(136)110-70-42-66-105(84-110)95-47-19-6-7-20-48-95/h4-17,19-49,51-93,95,117H,18,50H2,1-3H3. The van der Waals surface area contributed by atoms with Crippen LogP contribution in [0.1, 0.15) is 73.3 Å². The number of aromatic nitrogens is 2. The summed E-state index contributed by atoms with van der Waals surface area (Å²) in [5, 5.41) is 4.67. The molecule has 0 fully saturated rings. The van der Waals surface area contributed by atoms with E-state index in [1.807, 2.05) is 0 Å². The molecular weight excluding hydrogens is 1720 g/mol. The van der Waals surface area contributed by atoms with Crippen molar-refractivity contribution in [3.63, 3.8) is 0 Å². The lowest BCUT2D eigenvalue weighted by Gasteiger charge is -2.47. The molecule has 0 radical (unpaired) electrons. The largest absolute Gasteiger partial charge is 0.314 e. The first-order valence-electron chi connectivity index (χ1n) is 50.2. The van der Waals surface area contributed by atoms with Crippen LogP contribution < -0.4 is 26.2 Å². The van der Waals surface area contributed by atoms with Crippen molar-refractivity contribution in [3.05, 3.63) is 579 Å². The van der Waals surface area contributed by atoms with Crippen molar-refractivity contribution in [3.8, 4) is 112 Å². The molecule has 0 bridgehead atoms. The molecule has 1 unspecified atom stereocenters. The van der Waals surface area contributed by atoms with E-state index in [1.165, 1.54) is 60.3 Å². The summed E-state index contributed by atoms with van der Waals surface area (Å²) in [6.45, 7) is 6.87. The van der Waals surface area contributed by atoms with E-state index < -0.39 is 18.0 Å². The second-order valence-electron chi connectivity index (χ2n) is 39.1. The number of rotatable bonds is 18. The summed E-state index contributed by atoms with van der Waals surface area (Å²) in [5.41, 5.74) is 42.1. The summed E-state index contributed by atoms with van der Waals surface area (Å²) in [5.74, 6) is -0.433. The van der Waals surface area contributed by atoms with Crippen LogP contribution in [0.4, 0.5) is 28.4 Å². The Labute approximate surface area is 838 Å². The van der Waals surface area contributed by atoms with E-state index >= 15 is 0 Å². The normalized spacial score (nSPS) is 14.8. The summed E-state index contributed by atoms with van der Waals surface area (Å²) in [4.78, 5) is 5.62. The molecule has 0 amide bonds. The first-order valence-corrected chi connectivity index (χ1v) is 50.2. The lowest BCUT2D eigenvalue weighted by atomic mass is 9.33. The van der Waals surface area contributed by atoms with Gasteiger partial charge in [-0.15, -0.1) is 0 Å². The fourth-order valence-electron chi connectivity index (χ4n) is 22.7. The van der Waals surface area contributed by atoms with E-state index in [2.05, 4.69) is 574 Å². The highest BCUT2D eigenvalue weighted by Gasteiger charge is 2.48. The zero-order valence-electron chi connectivity index (χ0n) is 80.2. The van der Waals surface area contributed by atoms with E-state index in [4.69, 9.17) is 0 Å². The van der Waals surface area contributed by atoms with Crippen LogP contribution in [-0.2, 0) is 5.41 Å². The minimum atomic E-state index is -0.494. The first kappa shape index (κ1) is 86.9. The van der Waals surface area contributed by atoms with Gasteiger partial charge in [-0.1, -0.05) is 488 Å². The second-order valence-corrected chi connectivity index (χ2v) is 39.1. The van der Waals surface area contributed by atoms with Crippen molar-refractivity contribution < 1.29 is 0 Å². The fraction of sp³-hybridized carbons (Fsp3) is 0.0580. The van der Waals surface area contributed by atoms with Gasteiger partial charge < -0.3 is 18.9 Å². The molecule has 4 heterocycles. The van der Waals surface area contributed by atoms with Gasteiger partial charge >= 0.3 is 0 Å². The van der Waals surface area contributed by atoms with Crippen LogP contribution >= 0.6 is 0 Å². The molecule has 25 rings (SSSR count). The highest BCUT2D eigenvalue weighted by atomic mass is 15.2. The molecule has 0 saturated carbocycles. The summed E-state index contributed by atoms with van der Waals surface area (Å²) in [6.07, 6.45) is 45.1. The average Bonchev–Trinajstić information content (AvgIpc) is 1.28. The lowest BCUT2D eigenvalue weighted by Crippen LogP contribution is -2.62. The van der Waals surface area contributed by atoms with Crippen LogP contribution in [0.2, 0.25) is 0 Å². The number of anilines is 5. The van der Waals surface area contributed by atoms with Gasteiger partial charge in [-0.05, 0) is 213 Å². The van der Waals surface area contributed by atoms with Crippen molar-refractivity contribution in [1.82, 2.24) is 9.13 Å². The quantitative estimate of drug-likeness (QED) is 0.0796. The van der Waals surface area contributed by atoms with E-state index in [9.17, 15) is 0 Å². The molecule has 0 N–H and O–H groups in total. The molecule has 2 aromatic heterocycles. The zero-order valence-corrected chi connectivity index (χ0v) is 80.2. The predicted octanol–water partition coefficient (Wildman–Crippen LogP) is 34.4. The van der Waals surface area contributed by atoms with Gasteiger partial charge in [0.05, 0.1) is 28.5 Å². The van der Waals surface area contributed by atoms with Crippen molar-refractivity contribution in [2.24, 2.45) is 0 Å². The summed E-state index contributed by atoms with van der Waals surface area (Å²) in [6, 6.07) is 159. The van der Waals surface area contributed by atoms with E-state index in [1.54, 1.807) is 0 Å². The lowest BCUT2D eigenvalue weighted by molar-refractivity contribution is 0.590. The molecular formula is C138H103BN4. The van der Waals surface area contributed by atoms with Crippen molar-refractivity contribution in [2.75, 3.05) is 9.80 Å². The highest BCUT2D eigenvalue weighted by Crippen LogP contribution is 2.57. The highest BCUT2D eigenvalue weighted by molar-refractivity contribution is 7.00. The van der Waals surface area contributed by atoms with Crippen LogP contribution in [0.25, 0.3) is 145 Å². The van der Waals surface area contributed by atoms with Gasteiger partial charge in [-0.3, -0.25) is 0 Å². The molecule has 2 aliphatic heterocycles. The first-order chi connectivity index (χ1) is 70.6. The van der Waals surface area contributed by atoms with Gasteiger partial charge in [0.25, 0.3) is 6.71 Å². The van der Waals surface area contributed by atoms with Gasteiger partial charge in [0, 0.05) is 89.9 Å². The minimum absolute atomic E-state index is 0.00977. The fourth-order valence-corrected chi connectivity index (χ4v) is 22.7. The van der Waals surface area contributed by atoms with Crippen LogP contribution in [0.5, 0.6) is 0 Å². The number of allylic oxidation sites excluding steroid dienone is 23. The summed E-state index contributed by atoms with van der Waals surface area (Å²) in [7, 11) is 0. The number of fused-ring (bicyclic) bond motifs is 6. The molecule has 0 saturated heterocycles. The Balaban J connectivity index is 0.880. The van der Waals surface area contributed by atoms with Gasteiger partial charge in [0.15, 0.2) is 0 Å². The maximum absolute atomic E-state index is 2.83. The summed E-state index contributed by atoms with van der Waals surface area (Å²) < 4.78 is 5.21. The molecule has 4 nitrogen and oxygen atoms in total. The van der Waals surface area contributed by atoms with Crippen LogP contribution in [-0.4, -0.2) is 15.8 Å². The minimum Gasteiger partial charge on any atom is -0.314 e. The maximum atomic E-state index is 2.83. The third kappa shape index (κ3) is 16.1. The molecule has 19 aromatic rings. The van der Waals surface area contributed by atoms with E-state index in [0.29, 0.717) is 0 Å². The molecule has 17 aromatic carbocycles. The van der Waals surface area contributed by atoms with Crippen molar-refractivity contribution in [1.29, 1.82) is 0 Å². The Bertz CT molecular complexity index is 8360. The molecule has 0 spiro atoms. The van der Waals surface area contributed by atoms with Gasteiger partial charge in [-0.25, -0.2) is 0 Å². The predicted molar refractivity (Wildman–Crippen MR) is 607 cm³/mol. The third-order valence-corrected chi connectivity index (χ3v) is 29.5. The molecule has 678 valence electrons. The molecule has 1 atom stereocenters. The Morgan fingerprint density at radius 1 is 0.294 bits per heavy atom. The molecule has 6 aliphatic rings. The zero-order chi connectivity index (χ0) is 95.4. The maximum Gasteiger partial charge on any atom is 0.252 e. The van der Waals surface area contributed by atoms with Crippen LogP contribution in [0.3, 0.4) is 0 Å². The van der Waals surface area contributed by atoms with Crippen LogP contribution in [0.15, 0.2) is 551 Å². The van der Waals surface area contributed by atoms with Gasteiger partial charge in [0.1, 0.15) is 0 Å². The number of hydrogen-bond acceptors (Lipinski definition) is 2. The second kappa shape index (κ2) is 37.3. The molecule has 5 heteroatoms. The average molecular weight is 1830 g/mol. The number of benzene rings is 17. The number of nitrogens with zero attached hydrogens (tertiary/aromatic N) is 4. The Kier molecular flexibility index (Phi) is 22.6. The van der Waals surface area contributed by atoms with E-state index in [0.717, 1.165) is 187 Å². The smallest absolute Gasteiger partial charge is 0.252 e. The van der Waals surface area contributed by atoms with Gasteiger partial charge in [0.2, 0.25) is 0 Å². The van der Waals surface area contributed by atoms with E-state index in [-0.39, 0.29) is 5.92 Å². The summed E-state index contributed by atoms with van der Waals surface area (Å²) >= 11 is 0. The Morgan fingerprint density at radius 2 is 0.713 bits per heavy atom. The van der Waals surface area contributed by atoms with Gasteiger partial charge in [-0.2, -0.15) is 0 Å². The number of hydrogen-bond donors (Lipinski definition) is 0. The molecule has 143 heavy (non-hydrogen) atoms. The van der Waals surface area contributed by atoms with Crippen molar-refractivity contribution in [2.45, 2.75) is 50.9 Å².